The van der Waals surface area contributed by atoms with Crippen LogP contribution < -0.4 is 33.2 Å². The molecule has 4 unspecified atom stereocenters. The van der Waals surface area contributed by atoms with Gasteiger partial charge in [-0.25, -0.2) is 4.79 Å². The fourth-order valence-electron chi connectivity index (χ4n) is 2.77. The van der Waals surface area contributed by atoms with Crippen LogP contribution in [0.25, 0.3) is 0 Å². The lowest BCUT2D eigenvalue weighted by Gasteiger charge is -2.25. The molecule has 0 heterocycles. The average molecular weight is 507 g/mol. The second kappa shape index (κ2) is 16.7. The highest BCUT2D eigenvalue weighted by atomic mass is 32.2. The molecule has 4 amide bonds. The number of hydrogen-bond donors (Lipinski definition) is 8. The zero-order valence-electron chi connectivity index (χ0n) is 19.0. The van der Waals surface area contributed by atoms with Crippen LogP contribution in [0, 0.1) is 0 Å². The van der Waals surface area contributed by atoms with Crippen LogP contribution in [0.15, 0.2) is 0 Å². The highest BCUT2D eigenvalue weighted by molar-refractivity contribution is 7.98. The Labute approximate surface area is 201 Å². The normalized spacial score (nSPS) is 14.2. The molecule has 4 atom stereocenters. The first-order valence-corrected chi connectivity index (χ1v) is 11.9. The molecule has 0 saturated carbocycles. The standard InChI is InChI=1S/C19H34N6O8S/c1-34-7-5-12(23-16(29)10(21)8-15(27)28)18(31)24-11(4-2-3-6-20)17(30)25-13(19(32)33)9-14(22)26/h10-13H,2-9,20-21H2,1H3,(H2,22,26)(H,23,29)(H,24,31)(H,25,30)(H,27,28)(H,32,33). The van der Waals surface area contributed by atoms with Crippen molar-refractivity contribution in [2.45, 2.75) is 62.7 Å². The molecule has 0 saturated heterocycles. The molecular formula is C19H34N6O8S. The summed E-state index contributed by atoms with van der Waals surface area (Å²) >= 11 is 1.39. The van der Waals surface area contributed by atoms with E-state index in [1.165, 1.54) is 11.8 Å². The number of carboxylic acid groups (broad SMARTS) is 2. The monoisotopic (exact) mass is 506 g/mol. The first-order valence-electron chi connectivity index (χ1n) is 10.5. The smallest absolute Gasteiger partial charge is 0.326 e. The van der Waals surface area contributed by atoms with Crippen LogP contribution in [0.3, 0.4) is 0 Å². The second-order valence-electron chi connectivity index (χ2n) is 7.46. The van der Waals surface area contributed by atoms with Crippen molar-refractivity contribution in [3.05, 3.63) is 0 Å². The maximum atomic E-state index is 12.9. The first kappa shape index (κ1) is 31.1. The Balaban J connectivity index is 5.50. The SMILES string of the molecule is CSCCC(NC(=O)C(N)CC(=O)O)C(=O)NC(CCCCN)C(=O)NC(CC(N)=O)C(=O)O. The van der Waals surface area contributed by atoms with Crippen LogP contribution in [0.1, 0.15) is 38.5 Å². The van der Waals surface area contributed by atoms with Crippen molar-refractivity contribution in [2.24, 2.45) is 17.2 Å². The third kappa shape index (κ3) is 13.0. The number of nitrogens with one attached hydrogen (secondary N) is 3. The summed E-state index contributed by atoms with van der Waals surface area (Å²) < 4.78 is 0. The van der Waals surface area contributed by atoms with Crippen molar-refractivity contribution in [3.8, 4) is 0 Å². The number of carbonyl (C=O) groups excluding carboxylic acids is 4. The highest BCUT2D eigenvalue weighted by Gasteiger charge is 2.30. The predicted octanol–water partition coefficient (Wildman–Crippen LogP) is -2.92. The van der Waals surface area contributed by atoms with Crippen LogP contribution >= 0.6 is 11.8 Å². The lowest BCUT2D eigenvalue weighted by atomic mass is 10.1. The van der Waals surface area contributed by atoms with E-state index in [4.69, 9.17) is 22.3 Å². The summed E-state index contributed by atoms with van der Waals surface area (Å²) in [5, 5.41) is 25.1. The number of carboxylic acids is 2. The van der Waals surface area contributed by atoms with Gasteiger partial charge in [-0.3, -0.25) is 24.0 Å². The fraction of sp³-hybridized carbons (Fsp3) is 0.684. The summed E-state index contributed by atoms with van der Waals surface area (Å²) in [7, 11) is 0. The van der Waals surface area contributed by atoms with Gasteiger partial charge in [-0.2, -0.15) is 11.8 Å². The van der Waals surface area contributed by atoms with Crippen LogP contribution in [0.5, 0.6) is 0 Å². The molecule has 0 aromatic carbocycles. The van der Waals surface area contributed by atoms with Crippen molar-refractivity contribution >= 4 is 47.3 Å². The summed E-state index contributed by atoms with van der Waals surface area (Å²) in [6.07, 6.45) is 1.73. The molecule has 0 aliphatic carbocycles. The molecule has 34 heavy (non-hydrogen) atoms. The van der Waals surface area contributed by atoms with Gasteiger partial charge in [0.1, 0.15) is 18.1 Å². The van der Waals surface area contributed by atoms with Crippen molar-refractivity contribution in [1.82, 2.24) is 16.0 Å². The lowest BCUT2D eigenvalue weighted by Crippen LogP contribution is -2.57. The van der Waals surface area contributed by atoms with Crippen molar-refractivity contribution in [3.63, 3.8) is 0 Å². The molecule has 0 radical (unpaired) electrons. The van der Waals surface area contributed by atoms with E-state index in [9.17, 15) is 33.9 Å². The molecule has 0 rings (SSSR count). The van der Waals surface area contributed by atoms with E-state index >= 15 is 0 Å². The van der Waals surface area contributed by atoms with Gasteiger partial charge in [0.2, 0.25) is 23.6 Å². The van der Waals surface area contributed by atoms with E-state index in [0.717, 1.165) is 0 Å². The number of thioether (sulfide) groups is 1. The molecule has 0 aromatic heterocycles. The summed E-state index contributed by atoms with van der Waals surface area (Å²) in [6.45, 7) is 0.329. The predicted molar refractivity (Wildman–Crippen MR) is 123 cm³/mol. The minimum absolute atomic E-state index is 0.111. The van der Waals surface area contributed by atoms with Crippen LogP contribution in [0.2, 0.25) is 0 Å². The van der Waals surface area contributed by atoms with Gasteiger partial charge < -0.3 is 43.4 Å². The van der Waals surface area contributed by atoms with Gasteiger partial charge in [0.25, 0.3) is 0 Å². The summed E-state index contributed by atoms with van der Waals surface area (Å²) in [5.74, 6) is -5.67. The molecule has 0 aromatic rings. The summed E-state index contributed by atoms with van der Waals surface area (Å²) in [6, 6.07) is -5.27. The molecule has 11 N–H and O–H groups in total. The van der Waals surface area contributed by atoms with Gasteiger partial charge >= 0.3 is 11.9 Å². The number of amides is 4. The molecule has 14 nitrogen and oxygen atoms in total. The van der Waals surface area contributed by atoms with E-state index in [0.29, 0.717) is 25.1 Å². The Morgan fingerprint density at radius 2 is 1.35 bits per heavy atom. The molecule has 0 aliphatic heterocycles. The third-order valence-corrected chi connectivity index (χ3v) is 5.22. The Hall–Kier alpha value is -2.91. The maximum absolute atomic E-state index is 12.9. The zero-order chi connectivity index (χ0) is 26.3. The minimum Gasteiger partial charge on any atom is -0.481 e. The lowest BCUT2D eigenvalue weighted by molar-refractivity contribution is -0.143. The Morgan fingerprint density at radius 1 is 0.824 bits per heavy atom. The van der Waals surface area contributed by atoms with Crippen molar-refractivity contribution in [2.75, 3.05) is 18.6 Å². The van der Waals surface area contributed by atoms with E-state index < -0.39 is 72.6 Å². The maximum Gasteiger partial charge on any atom is 0.326 e. The molecule has 194 valence electrons. The Bertz CT molecular complexity index is 738. The molecule has 15 heteroatoms. The number of rotatable bonds is 18. The molecule has 0 bridgehead atoms. The van der Waals surface area contributed by atoms with Gasteiger partial charge in [-0.05, 0) is 44.2 Å². The Kier molecular flexibility index (Phi) is 15.2. The quantitative estimate of drug-likeness (QED) is 0.0873. The number of hydrogen-bond acceptors (Lipinski definition) is 9. The number of unbranched alkanes of at least 4 members (excludes halogenated alkanes) is 1. The van der Waals surface area contributed by atoms with Crippen molar-refractivity contribution in [1.29, 1.82) is 0 Å². The van der Waals surface area contributed by atoms with E-state index in [2.05, 4.69) is 16.0 Å². The zero-order valence-corrected chi connectivity index (χ0v) is 19.8. The van der Waals surface area contributed by atoms with Gasteiger partial charge in [0.15, 0.2) is 0 Å². The number of nitrogens with two attached hydrogens (primary N) is 3. The van der Waals surface area contributed by atoms with Gasteiger partial charge in [0, 0.05) is 0 Å². The largest absolute Gasteiger partial charge is 0.481 e. The summed E-state index contributed by atoms with van der Waals surface area (Å²) in [5.41, 5.74) is 16.0. The minimum atomic E-state index is -1.58. The van der Waals surface area contributed by atoms with E-state index in [1.54, 1.807) is 6.26 Å². The van der Waals surface area contributed by atoms with Crippen LogP contribution in [0.4, 0.5) is 0 Å². The second-order valence-corrected chi connectivity index (χ2v) is 8.45. The van der Waals surface area contributed by atoms with Gasteiger partial charge in [0.05, 0.1) is 18.9 Å². The van der Waals surface area contributed by atoms with Crippen molar-refractivity contribution < 1.29 is 39.0 Å². The highest BCUT2D eigenvalue weighted by Crippen LogP contribution is 2.07. The molecule has 0 aliphatic rings. The summed E-state index contributed by atoms with van der Waals surface area (Å²) in [4.78, 5) is 71.0. The van der Waals surface area contributed by atoms with Gasteiger partial charge in [-0.1, -0.05) is 0 Å². The third-order valence-electron chi connectivity index (χ3n) is 4.57. The first-order chi connectivity index (χ1) is 15.9. The molecule has 0 spiro atoms. The van der Waals surface area contributed by atoms with Gasteiger partial charge in [-0.15, -0.1) is 0 Å². The van der Waals surface area contributed by atoms with E-state index in [1.807, 2.05) is 0 Å². The number of aliphatic carboxylic acids is 2. The van der Waals surface area contributed by atoms with E-state index in [-0.39, 0.29) is 12.8 Å². The molecule has 0 fully saturated rings. The topological polar surface area (TPSA) is 257 Å². The fourth-order valence-corrected chi connectivity index (χ4v) is 3.24. The molecular weight excluding hydrogens is 472 g/mol. The number of primary amides is 1. The average Bonchev–Trinajstić information content (AvgIpc) is 2.74. The number of carbonyl (C=O) groups is 6. The van der Waals surface area contributed by atoms with Crippen LogP contribution in [-0.4, -0.2) is 88.5 Å². The van der Waals surface area contributed by atoms with Crippen LogP contribution in [-0.2, 0) is 28.8 Å². The Morgan fingerprint density at radius 3 is 1.82 bits per heavy atom.